The van der Waals surface area contributed by atoms with Crippen LogP contribution in [0.1, 0.15) is 6.92 Å². The fraction of sp³-hybridized carbons (Fsp3) is 0.857. The number of nitrogens with one attached hydrogen (secondary N) is 1. The summed E-state index contributed by atoms with van der Waals surface area (Å²) in [6.45, 7) is 2.94. The fourth-order valence-electron chi connectivity index (χ4n) is 0.896. The van der Waals surface area contributed by atoms with E-state index in [9.17, 15) is 4.79 Å². The van der Waals surface area contributed by atoms with Gasteiger partial charge in [0.1, 0.15) is 0 Å². The zero-order valence-corrected chi connectivity index (χ0v) is 6.79. The minimum Gasteiger partial charge on any atom is -0.468 e. The molecule has 2 atom stereocenters. The Morgan fingerprint density at radius 3 is 2.91 bits per heavy atom. The van der Waals surface area contributed by atoms with Crippen molar-refractivity contribution in [1.82, 2.24) is 5.32 Å². The van der Waals surface area contributed by atoms with E-state index in [1.165, 1.54) is 7.11 Å². The molecule has 0 bridgehead atoms. The average Bonchev–Trinajstić information content (AvgIpc) is 2.01. The summed E-state index contributed by atoms with van der Waals surface area (Å²) in [5.41, 5.74) is 0. The van der Waals surface area contributed by atoms with Crippen LogP contribution in [0.15, 0.2) is 0 Å². The van der Waals surface area contributed by atoms with Crippen molar-refractivity contribution in [3.8, 4) is 0 Å². The number of hydrogen-bond donors (Lipinski definition) is 1. The highest BCUT2D eigenvalue weighted by molar-refractivity contribution is 5.71. The Balaban J connectivity index is 2.07. The van der Waals surface area contributed by atoms with Crippen molar-refractivity contribution in [1.29, 1.82) is 0 Å². The number of esters is 1. The molecule has 0 aromatic rings. The van der Waals surface area contributed by atoms with Crippen molar-refractivity contribution in [3.63, 3.8) is 0 Å². The number of carbonyl (C=O) groups is 1. The van der Waals surface area contributed by atoms with Crippen LogP contribution in [0.2, 0.25) is 0 Å². The number of methoxy groups -OCH3 is 1. The predicted octanol–water partition coefficient (Wildman–Crippen LogP) is -0.464. The monoisotopic (exact) mass is 159 g/mol. The molecule has 0 radical (unpaired) electrons. The quantitative estimate of drug-likeness (QED) is 0.566. The van der Waals surface area contributed by atoms with Crippen LogP contribution in [0.4, 0.5) is 0 Å². The highest BCUT2D eigenvalue weighted by Crippen LogP contribution is 2.10. The highest BCUT2D eigenvalue weighted by atomic mass is 16.5. The summed E-state index contributed by atoms with van der Waals surface area (Å²) < 4.78 is 9.56. The average molecular weight is 159 g/mol. The molecule has 0 spiro atoms. The number of rotatable bonds is 3. The van der Waals surface area contributed by atoms with Crippen molar-refractivity contribution in [2.24, 2.45) is 0 Å². The molecule has 4 nitrogen and oxygen atoms in total. The van der Waals surface area contributed by atoms with E-state index in [1.54, 1.807) is 0 Å². The van der Waals surface area contributed by atoms with Gasteiger partial charge in [0, 0.05) is 0 Å². The summed E-state index contributed by atoms with van der Waals surface area (Å²) in [5.74, 6) is -0.232. The van der Waals surface area contributed by atoms with Crippen molar-refractivity contribution in [2.75, 3.05) is 20.3 Å². The first-order valence-electron chi connectivity index (χ1n) is 3.66. The molecule has 0 saturated carbocycles. The van der Waals surface area contributed by atoms with Crippen LogP contribution in [0.5, 0.6) is 0 Å². The molecule has 64 valence electrons. The molecule has 1 heterocycles. The van der Waals surface area contributed by atoms with Crippen LogP contribution >= 0.6 is 0 Å². The zero-order chi connectivity index (χ0) is 8.27. The minimum absolute atomic E-state index is 0.222. The van der Waals surface area contributed by atoms with E-state index in [-0.39, 0.29) is 18.6 Å². The second kappa shape index (κ2) is 3.69. The fourth-order valence-corrected chi connectivity index (χ4v) is 0.896. The Bertz CT molecular complexity index is 149. The SMILES string of the molecule is COC(=O)CNC1COC1C. The van der Waals surface area contributed by atoms with Gasteiger partial charge in [-0.25, -0.2) is 0 Å². The molecule has 1 aliphatic heterocycles. The van der Waals surface area contributed by atoms with Gasteiger partial charge in [-0.3, -0.25) is 10.1 Å². The second-order valence-corrected chi connectivity index (χ2v) is 2.60. The Morgan fingerprint density at radius 1 is 1.82 bits per heavy atom. The van der Waals surface area contributed by atoms with Gasteiger partial charge in [0.25, 0.3) is 0 Å². The molecule has 1 fully saturated rings. The first kappa shape index (κ1) is 8.49. The summed E-state index contributed by atoms with van der Waals surface area (Å²) in [6.07, 6.45) is 0.222. The van der Waals surface area contributed by atoms with Gasteiger partial charge in [-0.1, -0.05) is 0 Å². The Hall–Kier alpha value is -0.610. The van der Waals surface area contributed by atoms with E-state index >= 15 is 0 Å². The van der Waals surface area contributed by atoms with Crippen LogP contribution in [0, 0.1) is 0 Å². The third kappa shape index (κ3) is 2.17. The van der Waals surface area contributed by atoms with E-state index in [4.69, 9.17) is 4.74 Å². The van der Waals surface area contributed by atoms with Crippen molar-refractivity contribution < 1.29 is 14.3 Å². The Labute approximate surface area is 65.9 Å². The molecule has 0 aliphatic carbocycles. The number of hydrogen-bond acceptors (Lipinski definition) is 4. The molecular weight excluding hydrogens is 146 g/mol. The third-order valence-corrected chi connectivity index (χ3v) is 1.84. The van der Waals surface area contributed by atoms with Crippen LogP contribution in [-0.2, 0) is 14.3 Å². The number of ether oxygens (including phenoxy) is 2. The van der Waals surface area contributed by atoms with Gasteiger partial charge in [0.05, 0.1) is 32.4 Å². The van der Waals surface area contributed by atoms with E-state index in [2.05, 4.69) is 10.1 Å². The van der Waals surface area contributed by atoms with Crippen molar-refractivity contribution >= 4 is 5.97 Å². The van der Waals surface area contributed by atoms with Gasteiger partial charge in [-0.2, -0.15) is 0 Å². The van der Waals surface area contributed by atoms with E-state index in [0.717, 1.165) is 0 Å². The predicted molar refractivity (Wildman–Crippen MR) is 39.2 cm³/mol. The van der Waals surface area contributed by atoms with Gasteiger partial charge in [-0.15, -0.1) is 0 Å². The van der Waals surface area contributed by atoms with Gasteiger partial charge in [0.2, 0.25) is 0 Å². The summed E-state index contributed by atoms with van der Waals surface area (Å²) in [4.78, 5) is 10.6. The lowest BCUT2D eigenvalue weighted by molar-refractivity contribution is -0.141. The molecule has 2 unspecified atom stereocenters. The Morgan fingerprint density at radius 2 is 2.55 bits per heavy atom. The van der Waals surface area contributed by atoms with Crippen molar-refractivity contribution in [3.05, 3.63) is 0 Å². The van der Waals surface area contributed by atoms with Crippen LogP contribution < -0.4 is 5.32 Å². The third-order valence-electron chi connectivity index (χ3n) is 1.84. The lowest BCUT2D eigenvalue weighted by atomic mass is 10.1. The van der Waals surface area contributed by atoms with Gasteiger partial charge in [0.15, 0.2) is 0 Å². The maximum atomic E-state index is 10.6. The largest absolute Gasteiger partial charge is 0.468 e. The summed E-state index contributed by atoms with van der Waals surface area (Å²) in [5, 5.41) is 3.02. The van der Waals surface area contributed by atoms with E-state index < -0.39 is 0 Å². The molecule has 1 saturated heterocycles. The molecule has 0 aromatic heterocycles. The number of carbonyl (C=O) groups excluding carboxylic acids is 1. The second-order valence-electron chi connectivity index (χ2n) is 2.60. The normalized spacial score (nSPS) is 29.3. The lowest BCUT2D eigenvalue weighted by Gasteiger charge is -2.34. The first-order valence-corrected chi connectivity index (χ1v) is 3.66. The van der Waals surface area contributed by atoms with Crippen LogP contribution in [-0.4, -0.2) is 38.4 Å². The molecular formula is C7H13NO3. The van der Waals surface area contributed by atoms with Gasteiger partial charge in [-0.05, 0) is 6.92 Å². The molecule has 0 aromatic carbocycles. The van der Waals surface area contributed by atoms with Gasteiger partial charge < -0.3 is 9.47 Å². The standard InChI is InChI=1S/C7H13NO3/c1-5-6(4-11-5)8-3-7(9)10-2/h5-6,8H,3-4H2,1-2H3. The van der Waals surface area contributed by atoms with E-state index in [1.807, 2.05) is 6.92 Å². The lowest BCUT2D eigenvalue weighted by Crippen LogP contribution is -2.53. The topological polar surface area (TPSA) is 47.6 Å². The van der Waals surface area contributed by atoms with Crippen molar-refractivity contribution in [2.45, 2.75) is 19.1 Å². The smallest absolute Gasteiger partial charge is 0.319 e. The molecule has 1 rings (SSSR count). The highest BCUT2D eigenvalue weighted by Gasteiger charge is 2.27. The molecule has 1 aliphatic rings. The maximum absolute atomic E-state index is 10.6. The maximum Gasteiger partial charge on any atom is 0.319 e. The molecule has 11 heavy (non-hydrogen) atoms. The van der Waals surface area contributed by atoms with Gasteiger partial charge >= 0.3 is 5.97 Å². The van der Waals surface area contributed by atoms with Crippen LogP contribution in [0.3, 0.4) is 0 Å². The summed E-state index contributed by atoms with van der Waals surface area (Å²) in [7, 11) is 1.38. The summed E-state index contributed by atoms with van der Waals surface area (Å²) >= 11 is 0. The Kier molecular flexibility index (Phi) is 2.84. The minimum atomic E-state index is -0.232. The zero-order valence-electron chi connectivity index (χ0n) is 6.79. The van der Waals surface area contributed by atoms with Crippen LogP contribution in [0.25, 0.3) is 0 Å². The summed E-state index contributed by atoms with van der Waals surface area (Å²) in [6, 6.07) is 0.314. The molecule has 4 heteroatoms. The molecule has 0 amide bonds. The molecule has 1 N–H and O–H groups in total. The first-order chi connectivity index (χ1) is 5.24. The van der Waals surface area contributed by atoms with E-state index in [0.29, 0.717) is 12.6 Å².